The van der Waals surface area contributed by atoms with Crippen LogP contribution in [0.2, 0.25) is 0 Å². The summed E-state index contributed by atoms with van der Waals surface area (Å²) in [5, 5.41) is 3.69. The van der Waals surface area contributed by atoms with Crippen molar-refractivity contribution in [2.24, 2.45) is 11.1 Å². The lowest BCUT2D eigenvalue weighted by Crippen LogP contribution is -2.18. The first-order valence-corrected chi connectivity index (χ1v) is 3.87. The highest BCUT2D eigenvalue weighted by atomic mass is 16.6. The summed E-state index contributed by atoms with van der Waals surface area (Å²) >= 11 is 0. The first-order valence-electron chi connectivity index (χ1n) is 3.87. The van der Waals surface area contributed by atoms with Crippen molar-refractivity contribution in [1.82, 2.24) is 0 Å². The summed E-state index contributed by atoms with van der Waals surface area (Å²) in [6.45, 7) is 1.56. The van der Waals surface area contributed by atoms with Crippen molar-refractivity contribution < 1.29 is 9.63 Å². The second-order valence-electron chi connectivity index (χ2n) is 2.94. The summed E-state index contributed by atoms with van der Waals surface area (Å²) in [5.74, 6) is 0.235. The lowest BCUT2D eigenvalue weighted by Gasteiger charge is -2.13. The summed E-state index contributed by atoms with van der Waals surface area (Å²) in [5.41, 5.74) is 0.744. The minimum atomic E-state index is 0.00750. The van der Waals surface area contributed by atoms with Gasteiger partial charge in [-0.25, -0.2) is 0 Å². The third-order valence-electron chi connectivity index (χ3n) is 2.04. The molecule has 0 aromatic heterocycles. The van der Waals surface area contributed by atoms with Crippen molar-refractivity contribution in [3.63, 3.8) is 0 Å². The summed E-state index contributed by atoms with van der Waals surface area (Å²) in [6.07, 6.45) is 7.28. The van der Waals surface area contributed by atoms with E-state index in [1.165, 1.54) is 0 Å². The Bertz CT molecular complexity index is 302. The van der Waals surface area contributed by atoms with Crippen molar-refractivity contribution in [3.8, 4) is 0 Å². The van der Waals surface area contributed by atoms with Crippen LogP contribution in [0.1, 0.15) is 6.92 Å². The number of nitrogens with zero attached hydrogens (tertiary/aromatic N) is 1. The smallest absolute Gasteiger partial charge is 0.159 e. The minimum absolute atomic E-state index is 0.00750. The fraction of sp³-hybridized carbons (Fsp3) is 0.333. The van der Waals surface area contributed by atoms with E-state index >= 15 is 0 Å². The molecule has 0 N–H and O–H groups in total. The monoisotopic (exact) mass is 163 g/mol. The van der Waals surface area contributed by atoms with Crippen molar-refractivity contribution in [3.05, 3.63) is 23.8 Å². The largest absolute Gasteiger partial charge is 0.388 e. The second kappa shape index (κ2) is 2.59. The molecule has 2 rings (SSSR count). The summed E-state index contributed by atoms with van der Waals surface area (Å²) in [7, 11) is 0. The number of rotatable bonds is 1. The van der Waals surface area contributed by atoms with Crippen LogP contribution in [0.4, 0.5) is 0 Å². The number of hydrogen-bond acceptors (Lipinski definition) is 3. The predicted molar refractivity (Wildman–Crippen MR) is 44.8 cm³/mol. The lowest BCUT2D eigenvalue weighted by atomic mass is 9.93. The topological polar surface area (TPSA) is 38.7 Å². The van der Waals surface area contributed by atoms with Gasteiger partial charge in [0.25, 0.3) is 0 Å². The summed E-state index contributed by atoms with van der Waals surface area (Å²) < 4.78 is 0. The van der Waals surface area contributed by atoms with Crippen LogP contribution >= 0.6 is 0 Å². The number of carbonyl (C=O) groups excluding carboxylic acids is 1. The molecule has 0 radical (unpaired) electrons. The third-order valence-corrected chi connectivity index (χ3v) is 2.04. The maximum absolute atomic E-state index is 11.0. The summed E-state index contributed by atoms with van der Waals surface area (Å²) in [4.78, 5) is 16.0. The molecular formula is C9H9NO2. The van der Waals surface area contributed by atoms with E-state index in [0.29, 0.717) is 0 Å². The second-order valence-corrected chi connectivity index (χ2v) is 2.94. The summed E-state index contributed by atoms with van der Waals surface area (Å²) in [6, 6.07) is 0. The van der Waals surface area contributed by atoms with Crippen LogP contribution in [0.25, 0.3) is 0 Å². The first kappa shape index (κ1) is 7.28. The normalized spacial score (nSPS) is 30.9. The van der Waals surface area contributed by atoms with E-state index in [4.69, 9.17) is 4.84 Å². The standard InChI is InChI=1S/C9H9NO2/c1-6(11)7-2-3-9-8(4-7)5-10-12-9/h2-5,8-9H,1H3. The fourth-order valence-electron chi connectivity index (χ4n) is 1.33. The molecule has 1 heterocycles. The van der Waals surface area contributed by atoms with Crippen molar-refractivity contribution in [2.45, 2.75) is 13.0 Å². The molecule has 0 aromatic rings. The maximum atomic E-state index is 11.0. The van der Waals surface area contributed by atoms with E-state index in [1.807, 2.05) is 12.2 Å². The zero-order valence-corrected chi connectivity index (χ0v) is 6.73. The Morgan fingerprint density at radius 1 is 1.67 bits per heavy atom. The SMILES string of the molecule is CC(=O)C1=CC2C=NOC2C=C1. The average Bonchev–Trinajstić information content (AvgIpc) is 2.49. The van der Waals surface area contributed by atoms with Gasteiger partial charge in [0.05, 0.1) is 12.1 Å². The fourth-order valence-corrected chi connectivity index (χ4v) is 1.33. The Morgan fingerprint density at radius 3 is 3.25 bits per heavy atom. The zero-order valence-electron chi connectivity index (χ0n) is 6.73. The van der Waals surface area contributed by atoms with Gasteiger partial charge in [0, 0.05) is 5.57 Å². The molecule has 2 atom stereocenters. The quantitative estimate of drug-likeness (QED) is 0.580. The molecular weight excluding hydrogens is 154 g/mol. The first-order chi connectivity index (χ1) is 5.77. The van der Waals surface area contributed by atoms with Crippen molar-refractivity contribution >= 4 is 12.0 Å². The van der Waals surface area contributed by atoms with Crippen LogP contribution in [0, 0.1) is 5.92 Å². The minimum Gasteiger partial charge on any atom is -0.388 e. The van der Waals surface area contributed by atoms with Gasteiger partial charge in [0.1, 0.15) is 0 Å². The Balaban J connectivity index is 2.25. The third kappa shape index (κ3) is 1.07. The molecule has 0 saturated carbocycles. The van der Waals surface area contributed by atoms with Crippen LogP contribution in [-0.2, 0) is 9.63 Å². The van der Waals surface area contributed by atoms with Gasteiger partial charge in [-0.3, -0.25) is 4.79 Å². The van der Waals surface area contributed by atoms with E-state index in [2.05, 4.69) is 5.16 Å². The van der Waals surface area contributed by atoms with Crippen molar-refractivity contribution in [1.29, 1.82) is 0 Å². The Morgan fingerprint density at radius 2 is 2.50 bits per heavy atom. The van der Waals surface area contributed by atoms with Gasteiger partial charge >= 0.3 is 0 Å². The number of hydrogen-bond donors (Lipinski definition) is 0. The van der Waals surface area contributed by atoms with Crippen LogP contribution in [-0.4, -0.2) is 18.1 Å². The van der Waals surface area contributed by atoms with E-state index in [0.717, 1.165) is 5.57 Å². The van der Waals surface area contributed by atoms with E-state index < -0.39 is 0 Å². The van der Waals surface area contributed by atoms with Gasteiger partial charge in [0.15, 0.2) is 11.9 Å². The average molecular weight is 163 g/mol. The molecule has 0 saturated heterocycles. The molecule has 12 heavy (non-hydrogen) atoms. The van der Waals surface area contributed by atoms with Crippen LogP contribution in [0.15, 0.2) is 29.0 Å². The molecule has 2 aliphatic rings. The Labute approximate surface area is 70.4 Å². The predicted octanol–water partition coefficient (Wildman–Crippen LogP) is 1.07. The molecule has 1 aliphatic heterocycles. The maximum Gasteiger partial charge on any atom is 0.159 e. The molecule has 3 nitrogen and oxygen atoms in total. The molecule has 2 unspecified atom stereocenters. The highest BCUT2D eigenvalue weighted by molar-refractivity contribution is 5.97. The molecule has 0 aromatic carbocycles. The highest BCUT2D eigenvalue weighted by Crippen LogP contribution is 2.22. The van der Waals surface area contributed by atoms with E-state index in [9.17, 15) is 4.79 Å². The van der Waals surface area contributed by atoms with Gasteiger partial charge < -0.3 is 4.84 Å². The van der Waals surface area contributed by atoms with Gasteiger partial charge in [-0.15, -0.1) is 0 Å². The highest BCUT2D eigenvalue weighted by Gasteiger charge is 2.25. The number of fused-ring (bicyclic) bond motifs is 1. The van der Waals surface area contributed by atoms with Crippen LogP contribution in [0.3, 0.4) is 0 Å². The van der Waals surface area contributed by atoms with Gasteiger partial charge in [-0.1, -0.05) is 17.3 Å². The molecule has 62 valence electrons. The van der Waals surface area contributed by atoms with E-state index in [1.54, 1.807) is 19.2 Å². The molecule has 0 fully saturated rings. The molecule has 1 aliphatic carbocycles. The van der Waals surface area contributed by atoms with E-state index in [-0.39, 0.29) is 17.8 Å². The van der Waals surface area contributed by atoms with Crippen LogP contribution in [0.5, 0.6) is 0 Å². The molecule has 3 heteroatoms. The molecule has 0 bridgehead atoms. The Kier molecular flexibility index (Phi) is 1.57. The number of oxime groups is 1. The molecule has 0 spiro atoms. The van der Waals surface area contributed by atoms with Gasteiger partial charge in [-0.05, 0) is 13.0 Å². The number of allylic oxidation sites excluding steroid dienone is 2. The number of Topliss-reactive ketones (excluding diaryl/α,β-unsaturated/α-hetero) is 1. The van der Waals surface area contributed by atoms with Crippen molar-refractivity contribution in [2.75, 3.05) is 0 Å². The number of ketones is 1. The lowest BCUT2D eigenvalue weighted by molar-refractivity contribution is -0.113. The van der Waals surface area contributed by atoms with Crippen LogP contribution < -0.4 is 0 Å². The zero-order chi connectivity index (χ0) is 8.55. The Hall–Kier alpha value is -1.38. The van der Waals surface area contributed by atoms with Gasteiger partial charge in [0.2, 0.25) is 0 Å². The van der Waals surface area contributed by atoms with Gasteiger partial charge in [-0.2, -0.15) is 0 Å². The molecule has 0 amide bonds. The number of carbonyl (C=O) groups is 1.